The summed E-state index contributed by atoms with van der Waals surface area (Å²) >= 11 is 0. The predicted molar refractivity (Wildman–Crippen MR) is 27.5 cm³/mol. The van der Waals surface area contributed by atoms with E-state index in [0.29, 0.717) is 0 Å². The van der Waals surface area contributed by atoms with Crippen molar-refractivity contribution in [3.63, 3.8) is 0 Å². The Hall–Kier alpha value is -0.790. The van der Waals surface area contributed by atoms with Crippen LogP contribution in [0, 0.1) is 0 Å². The minimum absolute atomic E-state index is 1.53. The van der Waals surface area contributed by atoms with E-state index in [4.69, 9.17) is 5.84 Å². The van der Waals surface area contributed by atoms with Crippen LogP contribution in [0.4, 0.5) is 0 Å². The maximum atomic E-state index is 4.73. The van der Waals surface area contributed by atoms with E-state index in [1.54, 1.807) is 6.08 Å². The van der Waals surface area contributed by atoms with Gasteiger partial charge in [-0.05, 0) is 13.0 Å². The zero-order chi connectivity index (χ0) is 4.83. The second kappa shape index (κ2) is 4.21. The van der Waals surface area contributed by atoms with E-state index in [2.05, 4.69) is 5.10 Å². The van der Waals surface area contributed by atoms with Gasteiger partial charge in [0.15, 0.2) is 0 Å². The van der Waals surface area contributed by atoms with Gasteiger partial charge in [-0.2, -0.15) is 5.10 Å². The Balaban J connectivity index is 3.07. The van der Waals surface area contributed by atoms with Gasteiger partial charge in [0.25, 0.3) is 0 Å². The average Bonchev–Trinajstić information content (AvgIpc) is 1.61. The zero-order valence-corrected chi connectivity index (χ0v) is 3.76. The molecule has 0 atom stereocenters. The Morgan fingerprint density at radius 2 is 2.33 bits per heavy atom. The van der Waals surface area contributed by atoms with Gasteiger partial charge >= 0.3 is 0 Å². The highest BCUT2D eigenvalue weighted by molar-refractivity contribution is 5.70. The molecule has 0 rings (SSSR count). The number of allylic oxidation sites excluding steroid dienone is 2. The van der Waals surface area contributed by atoms with Gasteiger partial charge in [0.2, 0.25) is 0 Å². The van der Waals surface area contributed by atoms with Crippen molar-refractivity contribution in [2.24, 2.45) is 10.9 Å². The van der Waals surface area contributed by atoms with Crippen LogP contribution in [0.5, 0.6) is 0 Å². The van der Waals surface area contributed by atoms with Crippen LogP contribution in [0.1, 0.15) is 6.92 Å². The van der Waals surface area contributed by atoms with Crippen molar-refractivity contribution < 1.29 is 0 Å². The molecule has 34 valence electrons. The fourth-order valence-electron chi connectivity index (χ4n) is 0.136. The Bertz CT molecular complexity index is 53.9. The molecule has 0 saturated carbocycles. The summed E-state index contributed by atoms with van der Waals surface area (Å²) in [5, 5.41) is 3.21. The third kappa shape index (κ3) is 3.21. The Morgan fingerprint density at radius 3 is 2.50 bits per heavy atom. The highest BCUT2D eigenvalue weighted by atomic mass is 15.1. The van der Waals surface area contributed by atoms with Crippen LogP contribution in [0.15, 0.2) is 17.3 Å². The van der Waals surface area contributed by atoms with Crippen LogP contribution < -0.4 is 5.84 Å². The van der Waals surface area contributed by atoms with E-state index in [0.717, 1.165) is 0 Å². The summed E-state index contributed by atoms with van der Waals surface area (Å²) in [7, 11) is 0. The first-order chi connectivity index (χ1) is 2.91. The molecule has 0 fully saturated rings. The number of rotatable bonds is 1. The molecule has 0 unspecified atom stereocenters. The molecule has 0 spiro atoms. The standard InChI is InChI=1S/C4H8N2/c1-2-3-4-6-5/h2-4H,5H2,1H3. The zero-order valence-electron chi connectivity index (χ0n) is 3.76. The lowest BCUT2D eigenvalue weighted by atomic mass is 10.6. The molecule has 0 aliphatic rings. The van der Waals surface area contributed by atoms with E-state index in [-0.39, 0.29) is 0 Å². The molecule has 2 N–H and O–H groups in total. The SMILES string of the molecule is CC=CC=NN. The maximum Gasteiger partial charge on any atom is 0.0462 e. The summed E-state index contributed by atoms with van der Waals surface area (Å²) in [5.74, 6) is 4.73. The Morgan fingerprint density at radius 1 is 1.67 bits per heavy atom. The molecule has 0 bridgehead atoms. The van der Waals surface area contributed by atoms with Gasteiger partial charge < -0.3 is 5.84 Å². The van der Waals surface area contributed by atoms with Gasteiger partial charge in [-0.1, -0.05) is 6.08 Å². The van der Waals surface area contributed by atoms with Gasteiger partial charge in [0, 0.05) is 6.21 Å². The largest absolute Gasteiger partial charge is 0.323 e. The van der Waals surface area contributed by atoms with Crippen molar-refractivity contribution in [2.75, 3.05) is 0 Å². The van der Waals surface area contributed by atoms with Gasteiger partial charge in [-0.15, -0.1) is 0 Å². The Labute approximate surface area is 37.3 Å². The topological polar surface area (TPSA) is 38.4 Å². The minimum atomic E-state index is 1.53. The van der Waals surface area contributed by atoms with Crippen LogP contribution in [0.25, 0.3) is 0 Å². The van der Waals surface area contributed by atoms with E-state index in [1.165, 1.54) is 6.21 Å². The van der Waals surface area contributed by atoms with E-state index in [9.17, 15) is 0 Å². The molecule has 0 aliphatic carbocycles. The first-order valence-electron chi connectivity index (χ1n) is 1.76. The van der Waals surface area contributed by atoms with E-state index >= 15 is 0 Å². The molecule has 0 amide bonds. The molecular formula is C4H8N2. The summed E-state index contributed by atoms with van der Waals surface area (Å²) in [5.41, 5.74) is 0. The molecule has 2 heteroatoms. The van der Waals surface area contributed by atoms with Gasteiger partial charge in [0.1, 0.15) is 0 Å². The van der Waals surface area contributed by atoms with Crippen LogP contribution in [-0.4, -0.2) is 6.21 Å². The van der Waals surface area contributed by atoms with Crippen LogP contribution in [-0.2, 0) is 0 Å². The number of hydrogen-bond donors (Lipinski definition) is 1. The molecule has 0 radical (unpaired) electrons. The van der Waals surface area contributed by atoms with Gasteiger partial charge in [0.05, 0.1) is 0 Å². The van der Waals surface area contributed by atoms with Crippen molar-refractivity contribution >= 4 is 6.21 Å². The predicted octanol–water partition coefficient (Wildman–Crippen LogP) is 0.507. The summed E-state index contributed by atoms with van der Waals surface area (Å²) < 4.78 is 0. The molecule has 0 saturated heterocycles. The third-order valence-electron chi connectivity index (χ3n) is 0.365. The van der Waals surface area contributed by atoms with Crippen LogP contribution >= 0.6 is 0 Å². The van der Waals surface area contributed by atoms with E-state index in [1.807, 2.05) is 13.0 Å². The van der Waals surface area contributed by atoms with Crippen molar-refractivity contribution in [3.8, 4) is 0 Å². The molecule has 0 aromatic rings. The fourth-order valence-corrected chi connectivity index (χ4v) is 0.136. The lowest BCUT2D eigenvalue weighted by Crippen LogP contribution is -1.76. The second-order valence-electron chi connectivity index (χ2n) is 0.824. The quantitative estimate of drug-likeness (QED) is 0.280. The molecule has 0 aromatic carbocycles. The first-order valence-corrected chi connectivity index (χ1v) is 1.76. The highest BCUT2D eigenvalue weighted by Crippen LogP contribution is 1.58. The molecule has 2 nitrogen and oxygen atoms in total. The van der Waals surface area contributed by atoms with Gasteiger partial charge in [-0.3, -0.25) is 0 Å². The molecule has 0 aromatic heterocycles. The fraction of sp³-hybridized carbons (Fsp3) is 0.250. The number of nitrogens with zero attached hydrogens (tertiary/aromatic N) is 1. The van der Waals surface area contributed by atoms with Crippen LogP contribution in [0.3, 0.4) is 0 Å². The van der Waals surface area contributed by atoms with Crippen molar-refractivity contribution in [3.05, 3.63) is 12.2 Å². The number of nitrogens with two attached hydrogens (primary N) is 1. The molecular weight excluding hydrogens is 76.1 g/mol. The summed E-state index contributed by atoms with van der Waals surface area (Å²) in [4.78, 5) is 0. The third-order valence-corrected chi connectivity index (χ3v) is 0.365. The first kappa shape index (κ1) is 5.21. The smallest absolute Gasteiger partial charge is 0.0462 e. The van der Waals surface area contributed by atoms with Crippen molar-refractivity contribution in [2.45, 2.75) is 6.92 Å². The maximum absolute atomic E-state index is 4.73. The minimum Gasteiger partial charge on any atom is -0.323 e. The monoisotopic (exact) mass is 84.1 g/mol. The summed E-state index contributed by atoms with van der Waals surface area (Å²) in [6, 6.07) is 0. The summed E-state index contributed by atoms with van der Waals surface area (Å²) in [6.45, 7) is 1.90. The number of hydrazone groups is 1. The summed E-state index contributed by atoms with van der Waals surface area (Å²) in [6.07, 6.45) is 5.15. The number of hydrogen-bond acceptors (Lipinski definition) is 2. The van der Waals surface area contributed by atoms with Crippen LogP contribution in [0.2, 0.25) is 0 Å². The Kier molecular flexibility index (Phi) is 3.66. The highest BCUT2D eigenvalue weighted by Gasteiger charge is 1.49. The lowest BCUT2D eigenvalue weighted by Gasteiger charge is -1.64. The molecule has 6 heavy (non-hydrogen) atoms. The molecule has 0 heterocycles. The molecule has 0 aliphatic heterocycles. The average molecular weight is 84.1 g/mol. The second-order valence-corrected chi connectivity index (χ2v) is 0.824. The van der Waals surface area contributed by atoms with Gasteiger partial charge in [-0.25, -0.2) is 0 Å². The van der Waals surface area contributed by atoms with Crippen molar-refractivity contribution in [1.29, 1.82) is 0 Å². The normalized spacial score (nSPS) is 11.5. The van der Waals surface area contributed by atoms with E-state index < -0.39 is 0 Å². The van der Waals surface area contributed by atoms with Crippen molar-refractivity contribution in [1.82, 2.24) is 0 Å². The lowest BCUT2D eigenvalue weighted by molar-refractivity contribution is 1.27.